The molecule has 1 unspecified atom stereocenters. The third kappa shape index (κ3) is 2.14. The summed E-state index contributed by atoms with van der Waals surface area (Å²) in [6.45, 7) is 4.17. The Morgan fingerprint density at radius 2 is 2.32 bits per heavy atom. The van der Waals surface area contributed by atoms with Crippen molar-refractivity contribution in [2.45, 2.75) is 38.6 Å². The second-order valence-corrected chi connectivity index (χ2v) is 5.13. The van der Waals surface area contributed by atoms with Crippen LogP contribution in [0.3, 0.4) is 0 Å². The van der Waals surface area contributed by atoms with Crippen LogP contribution in [0.2, 0.25) is 0 Å². The van der Waals surface area contributed by atoms with Crippen molar-refractivity contribution in [1.82, 2.24) is 4.98 Å². The molecule has 0 aromatic carbocycles. The van der Waals surface area contributed by atoms with E-state index < -0.39 is 11.5 Å². The van der Waals surface area contributed by atoms with E-state index >= 15 is 0 Å². The number of rotatable bonds is 2. The Labute approximate surface area is 112 Å². The number of aromatic nitrogens is 1. The van der Waals surface area contributed by atoms with Crippen molar-refractivity contribution >= 4 is 11.8 Å². The first-order valence-corrected chi connectivity index (χ1v) is 6.37. The smallest absolute Gasteiger partial charge is 0.329 e. The van der Waals surface area contributed by atoms with Gasteiger partial charge >= 0.3 is 5.97 Å². The highest BCUT2D eigenvalue weighted by Crippen LogP contribution is 2.34. The Morgan fingerprint density at radius 3 is 2.95 bits per heavy atom. The fourth-order valence-electron chi connectivity index (χ4n) is 2.57. The summed E-state index contributed by atoms with van der Waals surface area (Å²) < 4.78 is 0. The number of nitrogens with zero attached hydrogens (tertiary/aromatic N) is 3. The number of carboxylic acids is 1. The van der Waals surface area contributed by atoms with Gasteiger partial charge in [0, 0.05) is 12.7 Å². The Kier molecular flexibility index (Phi) is 3.43. The van der Waals surface area contributed by atoms with Crippen molar-refractivity contribution in [3.8, 4) is 6.07 Å². The zero-order chi connectivity index (χ0) is 14.0. The van der Waals surface area contributed by atoms with Crippen LogP contribution < -0.4 is 4.90 Å². The van der Waals surface area contributed by atoms with Crippen molar-refractivity contribution in [2.24, 2.45) is 0 Å². The summed E-state index contributed by atoms with van der Waals surface area (Å²) in [5, 5.41) is 18.8. The number of aryl methyl sites for hydroxylation is 1. The first kappa shape index (κ1) is 13.3. The highest BCUT2D eigenvalue weighted by molar-refractivity contribution is 5.83. The molecule has 1 aliphatic rings. The van der Waals surface area contributed by atoms with Crippen LogP contribution in [0.25, 0.3) is 0 Å². The number of hydrogen-bond acceptors (Lipinski definition) is 4. The number of hydrogen-bond donors (Lipinski definition) is 1. The average Bonchev–Trinajstić information content (AvgIpc) is 2.39. The van der Waals surface area contributed by atoms with Crippen molar-refractivity contribution in [2.75, 3.05) is 11.4 Å². The average molecular weight is 259 g/mol. The fourth-order valence-corrected chi connectivity index (χ4v) is 2.57. The van der Waals surface area contributed by atoms with Crippen LogP contribution in [0.1, 0.15) is 37.3 Å². The van der Waals surface area contributed by atoms with Gasteiger partial charge in [-0.2, -0.15) is 5.26 Å². The van der Waals surface area contributed by atoms with Crippen molar-refractivity contribution in [1.29, 1.82) is 5.26 Å². The molecule has 1 aromatic rings. The summed E-state index contributed by atoms with van der Waals surface area (Å²) in [6, 6.07) is 3.91. The second kappa shape index (κ2) is 4.88. The molecule has 1 aromatic heterocycles. The molecule has 0 spiro atoms. The minimum Gasteiger partial charge on any atom is -0.480 e. The van der Waals surface area contributed by atoms with Crippen LogP contribution in [-0.4, -0.2) is 28.1 Å². The summed E-state index contributed by atoms with van der Waals surface area (Å²) >= 11 is 0. The molecule has 2 heterocycles. The Balaban J connectivity index is 2.53. The molecular formula is C14H17N3O2. The lowest BCUT2D eigenvalue weighted by atomic mass is 9.88. The summed E-state index contributed by atoms with van der Waals surface area (Å²) in [6.07, 6.45) is 4.00. The van der Waals surface area contributed by atoms with Gasteiger partial charge in [-0.25, -0.2) is 9.78 Å². The van der Waals surface area contributed by atoms with Gasteiger partial charge in [0.15, 0.2) is 0 Å². The lowest BCUT2D eigenvalue weighted by Gasteiger charge is -2.42. The standard InChI is InChI=1S/C14H17N3O2/c1-10-5-7-16-12(11(10)9-15)17-8-4-3-6-14(17,2)13(18)19/h5,7H,3-4,6,8H2,1-2H3,(H,18,19). The summed E-state index contributed by atoms with van der Waals surface area (Å²) in [4.78, 5) is 17.6. The molecule has 1 N–H and O–H groups in total. The molecule has 1 saturated heterocycles. The minimum atomic E-state index is -0.982. The normalized spacial score (nSPS) is 22.9. The number of aliphatic carboxylic acids is 1. The van der Waals surface area contributed by atoms with Crippen LogP contribution >= 0.6 is 0 Å². The van der Waals surface area contributed by atoms with E-state index in [0.717, 1.165) is 18.4 Å². The lowest BCUT2D eigenvalue weighted by Crippen LogP contribution is -2.56. The molecule has 0 bridgehead atoms. The molecule has 5 heteroatoms. The number of carbonyl (C=O) groups is 1. The van der Waals surface area contributed by atoms with Crippen LogP contribution in [0.15, 0.2) is 12.3 Å². The van der Waals surface area contributed by atoms with E-state index in [1.54, 1.807) is 24.1 Å². The van der Waals surface area contributed by atoms with Gasteiger partial charge in [0.05, 0.1) is 5.56 Å². The zero-order valence-corrected chi connectivity index (χ0v) is 11.2. The molecule has 1 atom stereocenters. The van der Waals surface area contributed by atoms with Gasteiger partial charge in [0.1, 0.15) is 17.4 Å². The maximum Gasteiger partial charge on any atom is 0.329 e. The number of nitriles is 1. The first-order valence-electron chi connectivity index (χ1n) is 6.37. The van der Waals surface area contributed by atoms with Gasteiger partial charge in [-0.05, 0) is 44.7 Å². The Hall–Kier alpha value is -2.09. The Morgan fingerprint density at radius 1 is 1.58 bits per heavy atom. The molecule has 1 fully saturated rings. The predicted octanol–water partition coefficient (Wildman–Crippen LogP) is 2.10. The monoisotopic (exact) mass is 259 g/mol. The molecule has 0 aliphatic carbocycles. The van der Waals surface area contributed by atoms with Crippen molar-refractivity contribution < 1.29 is 9.90 Å². The van der Waals surface area contributed by atoms with Crippen molar-refractivity contribution in [3.63, 3.8) is 0 Å². The molecule has 100 valence electrons. The maximum absolute atomic E-state index is 11.6. The fraction of sp³-hybridized carbons (Fsp3) is 0.500. The second-order valence-electron chi connectivity index (χ2n) is 5.13. The van der Waals surface area contributed by atoms with Crippen LogP contribution in [-0.2, 0) is 4.79 Å². The first-order chi connectivity index (χ1) is 9.00. The van der Waals surface area contributed by atoms with Gasteiger partial charge in [-0.15, -0.1) is 0 Å². The maximum atomic E-state index is 11.6. The molecule has 0 radical (unpaired) electrons. The third-order valence-electron chi connectivity index (χ3n) is 3.86. The van der Waals surface area contributed by atoms with E-state index in [1.807, 2.05) is 6.92 Å². The van der Waals surface area contributed by atoms with E-state index in [4.69, 9.17) is 0 Å². The topological polar surface area (TPSA) is 77.2 Å². The largest absolute Gasteiger partial charge is 0.480 e. The van der Waals surface area contributed by atoms with Crippen LogP contribution in [0, 0.1) is 18.3 Å². The van der Waals surface area contributed by atoms with Crippen LogP contribution in [0.5, 0.6) is 0 Å². The summed E-state index contributed by atoms with van der Waals surface area (Å²) in [7, 11) is 0. The van der Waals surface area contributed by atoms with Gasteiger partial charge in [0.2, 0.25) is 0 Å². The number of anilines is 1. The third-order valence-corrected chi connectivity index (χ3v) is 3.86. The SMILES string of the molecule is Cc1ccnc(N2CCCCC2(C)C(=O)O)c1C#N. The molecule has 0 amide bonds. The van der Waals surface area contributed by atoms with E-state index in [9.17, 15) is 15.2 Å². The number of pyridine rings is 1. The predicted molar refractivity (Wildman–Crippen MR) is 70.9 cm³/mol. The van der Waals surface area contributed by atoms with Gasteiger partial charge < -0.3 is 10.0 Å². The van der Waals surface area contributed by atoms with Gasteiger partial charge in [0.25, 0.3) is 0 Å². The van der Waals surface area contributed by atoms with E-state index in [-0.39, 0.29) is 0 Å². The summed E-state index contributed by atoms with van der Waals surface area (Å²) in [5.41, 5.74) is 0.313. The van der Waals surface area contributed by atoms with E-state index in [1.165, 1.54) is 0 Å². The molecule has 1 aliphatic heterocycles. The zero-order valence-electron chi connectivity index (χ0n) is 11.2. The minimum absolute atomic E-state index is 0.469. The molecule has 19 heavy (non-hydrogen) atoms. The molecule has 5 nitrogen and oxygen atoms in total. The highest BCUT2D eigenvalue weighted by Gasteiger charge is 2.42. The number of carboxylic acid groups (broad SMARTS) is 1. The van der Waals surface area contributed by atoms with Gasteiger partial charge in [-0.1, -0.05) is 0 Å². The number of piperidine rings is 1. The van der Waals surface area contributed by atoms with Gasteiger partial charge in [-0.3, -0.25) is 0 Å². The molecular weight excluding hydrogens is 242 g/mol. The van der Waals surface area contributed by atoms with Crippen LogP contribution in [0.4, 0.5) is 5.82 Å². The highest BCUT2D eigenvalue weighted by atomic mass is 16.4. The summed E-state index contributed by atoms with van der Waals surface area (Å²) in [5.74, 6) is -0.369. The van der Waals surface area contributed by atoms with Crippen molar-refractivity contribution in [3.05, 3.63) is 23.4 Å². The lowest BCUT2D eigenvalue weighted by molar-refractivity contribution is -0.143. The molecule has 0 saturated carbocycles. The van der Waals surface area contributed by atoms with E-state index in [2.05, 4.69) is 11.1 Å². The molecule has 2 rings (SSSR count). The Bertz CT molecular complexity index is 550. The quantitative estimate of drug-likeness (QED) is 0.880. The van der Waals surface area contributed by atoms with E-state index in [0.29, 0.717) is 24.3 Å².